The molecule has 196 valence electrons. The minimum absolute atomic E-state index is 0.250. The van der Waals surface area contributed by atoms with Crippen LogP contribution in [0.25, 0.3) is 16.9 Å². The normalized spacial score (nSPS) is 14.0. The molecule has 4 aromatic rings. The second kappa shape index (κ2) is 10.5. The summed E-state index contributed by atoms with van der Waals surface area (Å²) in [5.74, 6) is -0.250. The van der Waals surface area contributed by atoms with Crippen molar-refractivity contribution in [3.8, 4) is 11.3 Å². The molecule has 1 N–H and O–H groups in total. The fourth-order valence-corrected chi connectivity index (χ4v) is 4.45. The molecule has 1 aliphatic rings. The SMILES string of the molecule is CC(C)(C)OC(=O)N1CCN(c2ccccc2CNC(=O)c2ccn3nc(-c4ccccc4)cc3n2)CC1. The number of nitrogens with zero attached hydrogens (tertiary/aromatic N) is 5. The lowest BCUT2D eigenvalue weighted by Gasteiger charge is -2.37. The van der Waals surface area contributed by atoms with Gasteiger partial charge in [0.2, 0.25) is 0 Å². The molecule has 1 fully saturated rings. The molecule has 0 bridgehead atoms. The number of benzene rings is 2. The van der Waals surface area contributed by atoms with Gasteiger partial charge in [-0.1, -0.05) is 48.5 Å². The van der Waals surface area contributed by atoms with Gasteiger partial charge < -0.3 is 19.9 Å². The molecule has 9 heteroatoms. The molecule has 1 aliphatic heterocycles. The van der Waals surface area contributed by atoms with Crippen molar-refractivity contribution in [2.45, 2.75) is 32.9 Å². The molecule has 1 saturated heterocycles. The van der Waals surface area contributed by atoms with Gasteiger partial charge in [-0.05, 0) is 38.5 Å². The molecule has 0 atom stereocenters. The number of ether oxygens (including phenoxy) is 1. The van der Waals surface area contributed by atoms with Crippen molar-refractivity contribution in [2.24, 2.45) is 0 Å². The van der Waals surface area contributed by atoms with Crippen LogP contribution in [0.5, 0.6) is 0 Å². The fourth-order valence-electron chi connectivity index (χ4n) is 4.45. The number of hydrogen-bond acceptors (Lipinski definition) is 6. The van der Waals surface area contributed by atoms with E-state index in [9.17, 15) is 9.59 Å². The zero-order valence-electron chi connectivity index (χ0n) is 21.9. The molecule has 0 unspecified atom stereocenters. The van der Waals surface area contributed by atoms with Gasteiger partial charge in [-0.25, -0.2) is 14.3 Å². The highest BCUT2D eigenvalue weighted by atomic mass is 16.6. The summed E-state index contributed by atoms with van der Waals surface area (Å²) in [5, 5.41) is 7.57. The van der Waals surface area contributed by atoms with Crippen LogP contribution < -0.4 is 10.2 Å². The highest BCUT2D eigenvalue weighted by molar-refractivity contribution is 5.92. The quantitative estimate of drug-likeness (QED) is 0.427. The second-order valence-electron chi connectivity index (χ2n) is 10.3. The number of aromatic nitrogens is 3. The highest BCUT2D eigenvalue weighted by Gasteiger charge is 2.26. The molecular formula is C29H32N6O3. The number of hydrogen-bond donors (Lipinski definition) is 1. The summed E-state index contributed by atoms with van der Waals surface area (Å²) in [6.45, 7) is 8.51. The predicted molar refractivity (Wildman–Crippen MR) is 146 cm³/mol. The summed E-state index contributed by atoms with van der Waals surface area (Å²) in [6, 6.07) is 21.4. The van der Waals surface area contributed by atoms with E-state index in [-0.39, 0.29) is 12.0 Å². The van der Waals surface area contributed by atoms with Crippen molar-refractivity contribution in [3.05, 3.63) is 84.2 Å². The Kier molecular flexibility index (Phi) is 7.00. The van der Waals surface area contributed by atoms with Crippen LogP contribution >= 0.6 is 0 Å². The average Bonchev–Trinajstić information content (AvgIpc) is 3.35. The van der Waals surface area contributed by atoms with Crippen LogP contribution in [0.1, 0.15) is 36.8 Å². The summed E-state index contributed by atoms with van der Waals surface area (Å²) in [6.07, 6.45) is 1.47. The number of anilines is 1. The summed E-state index contributed by atoms with van der Waals surface area (Å²) in [4.78, 5) is 33.9. The lowest BCUT2D eigenvalue weighted by molar-refractivity contribution is 0.0240. The number of carbonyl (C=O) groups is 2. The van der Waals surface area contributed by atoms with Crippen molar-refractivity contribution in [1.29, 1.82) is 0 Å². The van der Waals surface area contributed by atoms with E-state index < -0.39 is 5.60 Å². The zero-order chi connectivity index (χ0) is 26.7. The van der Waals surface area contributed by atoms with Crippen LogP contribution in [0, 0.1) is 0 Å². The summed E-state index contributed by atoms with van der Waals surface area (Å²) in [5.41, 5.74) is 4.27. The molecule has 9 nitrogen and oxygen atoms in total. The smallest absolute Gasteiger partial charge is 0.410 e. The number of amides is 2. The molecule has 0 saturated carbocycles. The van der Waals surface area contributed by atoms with Gasteiger partial charge >= 0.3 is 6.09 Å². The molecule has 2 amide bonds. The maximum atomic E-state index is 13.0. The molecule has 0 aliphatic carbocycles. The standard InChI is InChI=1S/C29H32N6O3/c1-29(2,3)38-28(37)34-17-15-33(16-18-34)25-12-8-7-11-22(25)20-30-27(36)23-13-14-35-26(31-23)19-24(32-35)21-9-5-4-6-10-21/h4-14,19H,15-18,20H2,1-3H3,(H,30,36). The third-order valence-corrected chi connectivity index (χ3v) is 6.33. The Labute approximate surface area is 222 Å². The maximum Gasteiger partial charge on any atom is 0.410 e. The number of para-hydroxylation sites is 1. The van der Waals surface area contributed by atoms with Crippen LogP contribution in [0.3, 0.4) is 0 Å². The largest absolute Gasteiger partial charge is 0.444 e. The summed E-state index contributed by atoms with van der Waals surface area (Å²) >= 11 is 0. The summed E-state index contributed by atoms with van der Waals surface area (Å²) < 4.78 is 7.18. The van der Waals surface area contributed by atoms with Gasteiger partial charge in [0.25, 0.3) is 5.91 Å². The number of carbonyl (C=O) groups excluding carboxylic acids is 2. The lowest BCUT2D eigenvalue weighted by atomic mass is 10.1. The Bertz CT molecular complexity index is 1440. The van der Waals surface area contributed by atoms with Crippen LogP contribution in [0.2, 0.25) is 0 Å². The van der Waals surface area contributed by atoms with E-state index in [1.165, 1.54) is 0 Å². The number of rotatable bonds is 5. The monoisotopic (exact) mass is 512 g/mol. The highest BCUT2D eigenvalue weighted by Crippen LogP contribution is 2.23. The third kappa shape index (κ3) is 5.77. The van der Waals surface area contributed by atoms with Gasteiger partial charge in [0.15, 0.2) is 5.65 Å². The second-order valence-corrected chi connectivity index (χ2v) is 10.3. The van der Waals surface area contributed by atoms with E-state index in [0.29, 0.717) is 44.1 Å². The van der Waals surface area contributed by atoms with Crippen LogP contribution in [-0.4, -0.2) is 63.3 Å². The number of piperazine rings is 1. The van der Waals surface area contributed by atoms with Crippen molar-refractivity contribution in [3.63, 3.8) is 0 Å². The Morgan fingerprint density at radius 2 is 1.66 bits per heavy atom. The van der Waals surface area contributed by atoms with Gasteiger partial charge in [0.1, 0.15) is 11.3 Å². The van der Waals surface area contributed by atoms with E-state index in [1.54, 1.807) is 21.7 Å². The van der Waals surface area contributed by atoms with E-state index in [1.807, 2.05) is 81.4 Å². The molecule has 2 aromatic carbocycles. The van der Waals surface area contributed by atoms with Crippen LogP contribution in [0.4, 0.5) is 10.5 Å². The average molecular weight is 513 g/mol. The van der Waals surface area contributed by atoms with Gasteiger partial charge in [-0.3, -0.25) is 4.79 Å². The van der Waals surface area contributed by atoms with E-state index >= 15 is 0 Å². The molecule has 38 heavy (non-hydrogen) atoms. The zero-order valence-corrected chi connectivity index (χ0v) is 21.9. The van der Waals surface area contributed by atoms with Crippen molar-refractivity contribution < 1.29 is 14.3 Å². The van der Waals surface area contributed by atoms with E-state index in [2.05, 4.69) is 20.3 Å². The molecule has 0 spiro atoms. The number of fused-ring (bicyclic) bond motifs is 1. The first-order chi connectivity index (χ1) is 18.3. The molecule has 5 rings (SSSR count). The third-order valence-electron chi connectivity index (χ3n) is 6.33. The first-order valence-corrected chi connectivity index (χ1v) is 12.8. The Balaban J connectivity index is 1.23. The topological polar surface area (TPSA) is 92.1 Å². The van der Waals surface area contributed by atoms with E-state index in [4.69, 9.17) is 4.74 Å². The molecular weight excluding hydrogens is 480 g/mol. The van der Waals surface area contributed by atoms with Crippen LogP contribution in [-0.2, 0) is 11.3 Å². The van der Waals surface area contributed by atoms with Crippen molar-refractivity contribution >= 4 is 23.3 Å². The molecule has 3 heterocycles. The van der Waals surface area contributed by atoms with Gasteiger partial charge in [0, 0.05) is 56.2 Å². The Hall–Kier alpha value is -4.40. The number of nitrogens with one attached hydrogen (secondary N) is 1. The Morgan fingerprint density at radius 3 is 2.39 bits per heavy atom. The predicted octanol–water partition coefficient (Wildman–Crippen LogP) is 4.38. The summed E-state index contributed by atoms with van der Waals surface area (Å²) in [7, 11) is 0. The van der Waals surface area contributed by atoms with Crippen molar-refractivity contribution in [2.75, 3.05) is 31.1 Å². The maximum absolute atomic E-state index is 13.0. The minimum atomic E-state index is -0.513. The Morgan fingerprint density at radius 1 is 0.947 bits per heavy atom. The fraction of sp³-hybridized carbons (Fsp3) is 0.310. The van der Waals surface area contributed by atoms with Gasteiger partial charge in [-0.2, -0.15) is 5.10 Å². The minimum Gasteiger partial charge on any atom is -0.444 e. The lowest BCUT2D eigenvalue weighted by Crippen LogP contribution is -2.50. The first-order valence-electron chi connectivity index (χ1n) is 12.8. The van der Waals surface area contributed by atoms with Gasteiger partial charge in [-0.15, -0.1) is 0 Å². The molecule has 0 radical (unpaired) electrons. The first kappa shape index (κ1) is 25.3. The van der Waals surface area contributed by atoms with E-state index in [0.717, 1.165) is 22.5 Å². The van der Waals surface area contributed by atoms with Gasteiger partial charge in [0.05, 0.1) is 5.69 Å². The molecule has 2 aromatic heterocycles. The van der Waals surface area contributed by atoms with Crippen LogP contribution in [0.15, 0.2) is 72.9 Å². The van der Waals surface area contributed by atoms with Crippen molar-refractivity contribution in [1.82, 2.24) is 24.8 Å².